The van der Waals surface area contributed by atoms with Crippen molar-refractivity contribution >= 4 is 5.82 Å². The van der Waals surface area contributed by atoms with E-state index in [9.17, 15) is 0 Å². The maximum absolute atomic E-state index is 4.70. The molecule has 0 aromatic carbocycles. The topological polar surface area (TPSA) is 28.2 Å². The summed E-state index contributed by atoms with van der Waals surface area (Å²) >= 11 is 0. The second-order valence-electron chi connectivity index (χ2n) is 5.56. The van der Waals surface area contributed by atoms with E-state index in [1.807, 2.05) is 13.2 Å². The second-order valence-corrected chi connectivity index (χ2v) is 5.56. The van der Waals surface area contributed by atoms with E-state index in [2.05, 4.69) is 36.2 Å². The predicted octanol–water partition coefficient (Wildman–Crippen LogP) is 3.52. The Morgan fingerprint density at radius 1 is 1.37 bits per heavy atom. The average molecular weight is 261 g/mol. The summed E-state index contributed by atoms with van der Waals surface area (Å²) in [5.41, 5.74) is 1.26. The van der Waals surface area contributed by atoms with Crippen LogP contribution in [0.1, 0.15) is 57.6 Å². The van der Waals surface area contributed by atoms with E-state index in [1.165, 1.54) is 37.7 Å². The molecule has 1 aromatic rings. The van der Waals surface area contributed by atoms with E-state index in [0.717, 1.165) is 12.4 Å². The van der Waals surface area contributed by atoms with Gasteiger partial charge in [0.05, 0.1) is 0 Å². The van der Waals surface area contributed by atoms with Crippen LogP contribution in [0, 0.1) is 0 Å². The number of aromatic nitrogens is 1. The number of nitrogens with one attached hydrogen (secondary N) is 1. The van der Waals surface area contributed by atoms with Crippen LogP contribution in [0.15, 0.2) is 18.3 Å². The first-order chi connectivity index (χ1) is 9.26. The number of anilines is 1. The molecule has 1 saturated heterocycles. The quantitative estimate of drug-likeness (QED) is 0.899. The zero-order valence-corrected chi connectivity index (χ0v) is 12.5. The number of rotatable bonds is 4. The van der Waals surface area contributed by atoms with Crippen molar-refractivity contribution in [3.63, 3.8) is 0 Å². The van der Waals surface area contributed by atoms with Gasteiger partial charge in [-0.15, -0.1) is 0 Å². The third-order valence-corrected chi connectivity index (χ3v) is 4.35. The Balaban J connectivity index is 2.14. The Morgan fingerprint density at radius 2 is 2.21 bits per heavy atom. The van der Waals surface area contributed by atoms with Gasteiger partial charge < -0.3 is 10.2 Å². The molecule has 1 N–H and O–H groups in total. The summed E-state index contributed by atoms with van der Waals surface area (Å²) in [7, 11) is 1.99. The lowest BCUT2D eigenvalue weighted by molar-refractivity contribution is 0.551. The molecule has 106 valence electrons. The lowest BCUT2D eigenvalue weighted by atomic mass is 10.1. The van der Waals surface area contributed by atoms with Crippen LogP contribution >= 0.6 is 0 Å². The Morgan fingerprint density at radius 3 is 2.84 bits per heavy atom. The van der Waals surface area contributed by atoms with Crippen LogP contribution in [-0.2, 0) is 0 Å². The van der Waals surface area contributed by atoms with Crippen molar-refractivity contribution in [3.05, 3.63) is 23.9 Å². The third kappa shape index (κ3) is 3.47. The number of pyridine rings is 1. The third-order valence-electron chi connectivity index (χ3n) is 4.35. The Labute approximate surface area is 117 Å². The Bertz CT molecular complexity index is 374. The van der Waals surface area contributed by atoms with Crippen molar-refractivity contribution in [1.29, 1.82) is 0 Å². The monoisotopic (exact) mass is 261 g/mol. The van der Waals surface area contributed by atoms with Crippen LogP contribution in [0.5, 0.6) is 0 Å². The lowest BCUT2D eigenvalue weighted by Gasteiger charge is -2.30. The molecular formula is C16H27N3. The number of nitrogens with zero attached hydrogens (tertiary/aromatic N) is 2. The van der Waals surface area contributed by atoms with Crippen molar-refractivity contribution in [1.82, 2.24) is 10.3 Å². The van der Waals surface area contributed by atoms with Crippen LogP contribution in [0.25, 0.3) is 0 Å². The minimum Gasteiger partial charge on any atom is -0.354 e. The van der Waals surface area contributed by atoms with Gasteiger partial charge >= 0.3 is 0 Å². The summed E-state index contributed by atoms with van der Waals surface area (Å²) in [6.45, 7) is 5.62. The molecule has 0 radical (unpaired) electrons. The highest BCUT2D eigenvalue weighted by molar-refractivity contribution is 5.41. The molecule has 3 heteroatoms. The predicted molar refractivity (Wildman–Crippen MR) is 81.6 cm³/mol. The highest BCUT2D eigenvalue weighted by atomic mass is 15.2. The van der Waals surface area contributed by atoms with Gasteiger partial charge in [-0.1, -0.05) is 25.8 Å². The van der Waals surface area contributed by atoms with Crippen LogP contribution in [0.4, 0.5) is 5.82 Å². The SMILES string of the molecule is CCC1CCCCCN1c1ccc(C(C)NC)cn1. The summed E-state index contributed by atoms with van der Waals surface area (Å²) in [6, 6.07) is 5.44. The Kier molecular flexibility index (Phi) is 5.20. The van der Waals surface area contributed by atoms with Crippen molar-refractivity contribution in [2.24, 2.45) is 0 Å². The normalized spacial score (nSPS) is 22.1. The first kappa shape index (κ1) is 14.3. The van der Waals surface area contributed by atoms with Crippen molar-refractivity contribution in [2.75, 3.05) is 18.5 Å². The molecule has 3 nitrogen and oxygen atoms in total. The molecular weight excluding hydrogens is 234 g/mol. The minimum absolute atomic E-state index is 0.368. The number of hydrogen-bond acceptors (Lipinski definition) is 3. The molecule has 1 aliphatic rings. The zero-order valence-electron chi connectivity index (χ0n) is 12.5. The van der Waals surface area contributed by atoms with Crippen LogP contribution in [-0.4, -0.2) is 24.6 Å². The highest BCUT2D eigenvalue weighted by Gasteiger charge is 2.20. The molecule has 0 bridgehead atoms. The highest BCUT2D eigenvalue weighted by Crippen LogP contribution is 2.25. The molecule has 1 fully saturated rings. The van der Waals surface area contributed by atoms with Crippen LogP contribution < -0.4 is 10.2 Å². The standard InChI is InChI=1S/C16H27N3/c1-4-15-8-6-5-7-11-19(15)16-10-9-14(12-18-16)13(2)17-3/h9-10,12-13,15,17H,4-8,11H2,1-3H3. The fourth-order valence-electron chi connectivity index (χ4n) is 2.89. The van der Waals surface area contributed by atoms with E-state index >= 15 is 0 Å². The largest absolute Gasteiger partial charge is 0.354 e. The summed E-state index contributed by atoms with van der Waals surface area (Å²) in [5.74, 6) is 1.15. The fraction of sp³-hybridized carbons (Fsp3) is 0.688. The van der Waals surface area contributed by atoms with E-state index in [0.29, 0.717) is 12.1 Å². The smallest absolute Gasteiger partial charge is 0.128 e. The molecule has 2 unspecified atom stereocenters. The van der Waals surface area contributed by atoms with Gasteiger partial charge in [0.1, 0.15) is 5.82 Å². The molecule has 1 aromatic heterocycles. The zero-order chi connectivity index (χ0) is 13.7. The van der Waals surface area contributed by atoms with E-state index < -0.39 is 0 Å². The maximum Gasteiger partial charge on any atom is 0.128 e. The minimum atomic E-state index is 0.368. The molecule has 0 aliphatic carbocycles. The Hall–Kier alpha value is -1.09. The van der Waals surface area contributed by atoms with Gasteiger partial charge in [0.15, 0.2) is 0 Å². The molecule has 0 saturated carbocycles. The summed E-state index contributed by atoms with van der Waals surface area (Å²) < 4.78 is 0. The van der Waals surface area contributed by atoms with Gasteiger partial charge in [0, 0.05) is 24.8 Å². The van der Waals surface area contributed by atoms with Crippen molar-refractivity contribution in [3.8, 4) is 0 Å². The van der Waals surface area contributed by atoms with Gasteiger partial charge in [-0.2, -0.15) is 0 Å². The van der Waals surface area contributed by atoms with Crippen molar-refractivity contribution in [2.45, 2.75) is 58.0 Å². The van der Waals surface area contributed by atoms with Gasteiger partial charge in [-0.25, -0.2) is 4.98 Å². The van der Waals surface area contributed by atoms with E-state index in [1.54, 1.807) is 0 Å². The number of hydrogen-bond donors (Lipinski definition) is 1. The maximum atomic E-state index is 4.70. The average Bonchev–Trinajstić information content (AvgIpc) is 2.71. The molecule has 0 spiro atoms. The molecule has 2 atom stereocenters. The fourth-order valence-corrected chi connectivity index (χ4v) is 2.89. The summed E-state index contributed by atoms with van der Waals surface area (Å²) in [6.07, 6.45) is 8.58. The van der Waals surface area contributed by atoms with Crippen LogP contribution in [0.2, 0.25) is 0 Å². The molecule has 19 heavy (non-hydrogen) atoms. The van der Waals surface area contributed by atoms with Crippen molar-refractivity contribution < 1.29 is 0 Å². The second kappa shape index (κ2) is 6.90. The van der Waals surface area contributed by atoms with Gasteiger partial charge in [-0.3, -0.25) is 0 Å². The molecule has 1 aliphatic heterocycles. The first-order valence-corrected chi connectivity index (χ1v) is 7.66. The molecule has 2 heterocycles. The summed E-state index contributed by atoms with van der Waals surface area (Å²) in [4.78, 5) is 7.21. The van der Waals surface area contributed by atoms with Gasteiger partial charge in [-0.05, 0) is 44.9 Å². The van der Waals surface area contributed by atoms with Gasteiger partial charge in [0.25, 0.3) is 0 Å². The first-order valence-electron chi connectivity index (χ1n) is 7.66. The van der Waals surface area contributed by atoms with Gasteiger partial charge in [0.2, 0.25) is 0 Å². The van der Waals surface area contributed by atoms with E-state index in [-0.39, 0.29) is 0 Å². The molecule has 2 rings (SSSR count). The molecule has 0 amide bonds. The van der Waals surface area contributed by atoms with E-state index in [4.69, 9.17) is 4.98 Å². The summed E-state index contributed by atoms with van der Waals surface area (Å²) in [5, 5.41) is 3.26. The lowest BCUT2D eigenvalue weighted by Crippen LogP contribution is -2.35. The van der Waals surface area contributed by atoms with Crippen LogP contribution in [0.3, 0.4) is 0 Å².